The number of rotatable bonds is 4. The molecule has 2 rings (SSSR count). The fourth-order valence-corrected chi connectivity index (χ4v) is 2.71. The van der Waals surface area contributed by atoms with Crippen LogP contribution < -0.4 is 4.74 Å². The first kappa shape index (κ1) is 13.5. The molecule has 100 valence electrons. The van der Waals surface area contributed by atoms with E-state index in [9.17, 15) is 9.90 Å². The highest BCUT2D eigenvalue weighted by Gasteiger charge is 2.20. The molecular formula is C14H15NO3S. The number of thiazole rings is 1. The Labute approximate surface area is 115 Å². The van der Waals surface area contributed by atoms with Crippen molar-refractivity contribution in [2.45, 2.75) is 20.3 Å². The van der Waals surface area contributed by atoms with E-state index in [0.717, 1.165) is 22.6 Å². The molecule has 0 saturated carbocycles. The number of carboxylic acids is 1. The number of aromatic nitrogens is 1. The van der Waals surface area contributed by atoms with Crippen LogP contribution >= 0.6 is 11.3 Å². The number of methoxy groups -OCH3 is 1. The quantitative estimate of drug-likeness (QED) is 0.930. The van der Waals surface area contributed by atoms with E-state index in [-0.39, 0.29) is 4.88 Å². The van der Waals surface area contributed by atoms with Crippen LogP contribution in [-0.4, -0.2) is 23.2 Å². The van der Waals surface area contributed by atoms with Crippen molar-refractivity contribution in [3.63, 3.8) is 0 Å². The summed E-state index contributed by atoms with van der Waals surface area (Å²) in [6, 6.07) is 5.66. The molecule has 0 aliphatic heterocycles. The van der Waals surface area contributed by atoms with Crippen molar-refractivity contribution in [1.82, 2.24) is 4.98 Å². The number of carbonyl (C=O) groups is 1. The molecule has 1 aromatic carbocycles. The molecule has 4 nitrogen and oxygen atoms in total. The first-order chi connectivity index (χ1) is 9.06. The molecule has 0 atom stereocenters. The summed E-state index contributed by atoms with van der Waals surface area (Å²) in [7, 11) is 1.57. The fraction of sp³-hybridized carbons (Fsp3) is 0.286. The monoisotopic (exact) mass is 277 g/mol. The lowest BCUT2D eigenvalue weighted by molar-refractivity contribution is 0.0702. The molecule has 0 bridgehead atoms. The molecular weight excluding hydrogens is 262 g/mol. The van der Waals surface area contributed by atoms with E-state index in [4.69, 9.17) is 4.74 Å². The number of carboxylic acid groups (broad SMARTS) is 1. The van der Waals surface area contributed by atoms with Gasteiger partial charge in [0.15, 0.2) is 0 Å². The highest BCUT2D eigenvalue weighted by molar-refractivity contribution is 7.14. The molecule has 1 heterocycles. The van der Waals surface area contributed by atoms with Gasteiger partial charge in [0.25, 0.3) is 0 Å². The molecule has 0 aliphatic carbocycles. The number of aryl methyl sites for hydroxylation is 2. The maximum absolute atomic E-state index is 11.3. The summed E-state index contributed by atoms with van der Waals surface area (Å²) in [5, 5.41) is 10.1. The van der Waals surface area contributed by atoms with Crippen molar-refractivity contribution in [3.8, 4) is 17.0 Å². The highest BCUT2D eigenvalue weighted by Crippen LogP contribution is 2.35. The highest BCUT2D eigenvalue weighted by atomic mass is 32.1. The van der Waals surface area contributed by atoms with Crippen LogP contribution in [-0.2, 0) is 6.42 Å². The summed E-state index contributed by atoms with van der Waals surface area (Å²) in [5.41, 5.74) is 2.27. The number of aromatic carboxylic acids is 1. The average molecular weight is 277 g/mol. The Kier molecular flexibility index (Phi) is 3.85. The summed E-state index contributed by atoms with van der Waals surface area (Å²) in [5.74, 6) is -0.309. The molecule has 2 aromatic rings. The van der Waals surface area contributed by atoms with Gasteiger partial charge in [0.05, 0.1) is 17.8 Å². The minimum atomic E-state index is -0.948. The van der Waals surface area contributed by atoms with Crippen molar-refractivity contribution in [1.29, 1.82) is 0 Å². The van der Waals surface area contributed by atoms with Gasteiger partial charge in [-0.3, -0.25) is 0 Å². The minimum absolute atomic E-state index is 0.265. The zero-order valence-electron chi connectivity index (χ0n) is 11.1. The third-order valence-electron chi connectivity index (χ3n) is 2.78. The average Bonchev–Trinajstić information content (AvgIpc) is 2.83. The Morgan fingerprint density at radius 3 is 2.79 bits per heavy atom. The lowest BCUT2D eigenvalue weighted by Crippen LogP contribution is -1.97. The van der Waals surface area contributed by atoms with E-state index >= 15 is 0 Å². The molecule has 0 fully saturated rings. The Hall–Kier alpha value is -1.88. The lowest BCUT2D eigenvalue weighted by Gasteiger charge is -2.08. The van der Waals surface area contributed by atoms with Gasteiger partial charge in [-0.2, -0.15) is 0 Å². The number of hydrogen-bond acceptors (Lipinski definition) is 4. The van der Waals surface area contributed by atoms with Gasteiger partial charge in [-0.1, -0.05) is 18.6 Å². The van der Waals surface area contributed by atoms with Crippen LogP contribution in [0.2, 0.25) is 0 Å². The molecule has 0 radical (unpaired) electrons. The third-order valence-corrected chi connectivity index (χ3v) is 3.97. The van der Waals surface area contributed by atoms with E-state index in [0.29, 0.717) is 11.4 Å². The second-order valence-electron chi connectivity index (χ2n) is 4.15. The lowest BCUT2D eigenvalue weighted by atomic mass is 10.1. The summed E-state index contributed by atoms with van der Waals surface area (Å²) in [6.45, 7) is 3.91. The summed E-state index contributed by atoms with van der Waals surface area (Å²) >= 11 is 1.22. The van der Waals surface area contributed by atoms with Gasteiger partial charge in [0.1, 0.15) is 10.6 Å². The number of hydrogen-bond donors (Lipinski definition) is 1. The second kappa shape index (κ2) is 5.40. The number of nitrogens with zero attached hydrogens (tertiary/aromatic N) is 1. The molecule has 0 amide bonds. The van der Waals surface area contributed by atoms with Crippen LogP contribution in [0.15, 0.2) is 18.2 Å². The Bertz CT molecular complexity index is 619. The summed E-state index contributed by atoms with van der Waals surface area (Å²) in [6.07, 6.45) is 0.721. The topological polar surface area (TPSA) is 59.4 Å². The van der Waals surface area contributed by atoms with Gasteiger partial charge >= 0.3 is 5.97 Å². The molecule has 0 spiro atoms. The van der Waals surface area contributed by atoms with Gasteiger partial charge in [0, 0.05) is 5.56 Å². The fourth-order valence-electron chi connectivity index (χ4n) is 1.85. The number of benzene rings is 1. The SMILES string of the molecule is CCc1nc(-c2cc(C)ccc2OC)c(C(=O)O)s1. The predicted octanol–water partition coefficient (Wildman–Crippen LogP) is 3.39. The van der Waals surface area contributed by atoms with Crippen molar-refractivity contribution in [2.75, 3.05) is 7.11 Å². The Morgan fingerprint density at radius 2 is 2.21 bits per heavy atom. The van der Waals surface area contributed by atoms with Crippen molar-refractivity contribution in [2.24, 2.45) is 0 Å². The largest absolute Gasteiger partial charge is 0.496 e. The molecule has 19 heavy (non-hydrogen) atoms. The van der Waals surface area contributed by atoms with Crippen molar-refractivity contribution >= 4 is 17.3 Å². The van der Waals surface area contributed by atoms with Crippen LogP contribution in [0.4, 0.5) is 0 Å². The van der Waals surface area contributed by atoms with E-state index in [1.807, 2.05) is 32.0 Å². The van der Waals surface area contributed by atoms with E-state index < -0.39 is 5.97 Å². The van der Waals surface area contributed by atoms with Crippen molar-refractivity contribution in [3.05, 3.63) is 33.6 Å². The predicted molar refractivity (Wildman–Crippen MR) is 75.2 cm³/mol. The van der Waals surface area contributed by atoms with Crippen LogP contribution in [0, 0.1) is 6.92 Å². The van der Waals surface area contributed by atoms with Gasteiger partial charge in [-0.25, -0.2) is 9.78 Å². The molecule has 5 heteroatoms. The van der Waals surface area contributed by atoms with Gasteiger partial charge in [-0.05, 0) is 25.5 Å². The maximum Gasteiger partial charge on any atom is 0.348 e. The van der Waals surface area contributed by atoms with Crippen LogP contribution in [0.3, 0.4) is 0 Å². The van der Waals surface area contributed by atoms with Gasteiger partial charge < -0.3 is 9.84 Å². The smallest absolute Gasteiger partial charge is 0.348 e. The first-order valence-electron chi connectivity index (χ1n) is 5.94. The van der Waals surface area contributed by atoms with Crippen LogP contribution in [0.25, 0.3) is 11.3 Å². The van der Waals surface area contributed by atoms with Crippen LogP contribution in [0.1, 0.15) is 27.2 Å². The van der Waals surface area contributed by atoms with E-state index in [2.05, 4.69) is 4.98 Å². The normalized spacial score (nSPS) is 10.5. The first-order valence-corrected chi connectivity index (χ1v) is 6.76. The minimum Gasteiger partial charge on any atom is -0.496 e. The van der Waals surface area contributed by atoms with E-state index in [1.165, 1.54) is 11.3 Å². The molecule has 1 aromatic heterocycles. The second-order valence-corrected chi connectivity index (χ2v) is 5.23. The van der Waals surface area contributed by atoms with Crippen molar-refractivity contribution < 1.29 is 14.6 Å². The molecule has 1 N–H and O–H groups in total. The van der Waals surface area contributed by atoms with Gasteiger partial charge in [-0.15, -0.1) is 11.3 Å². The summed E-state index contributed by atoms with van der Waals surface area (Å²) in [4.78, 5) is 16.0. The third kappa shape index (κ3) is 2.61. The molecule has 0 aliphatic rings. The Morgan fingerprint density at radius 1 is 1.47 bits per heavy atom. The van der Waals surface area contributed by atoms with Gasteiger partial charge in [0.2, 0.25) is 0 Å². The summed E-state index contributed by atoms with van der Waals surface area (Å²) < 4.78 is 5.30. The van der Waals surface area contributed by atoms with Crippen LogP contribution in [0.5, 0.6) is 5.75 Å². The maximum atomic E-state index is 11.3. The Balaban J connectivity index is 2.66. The molecule has 0 saturated heterocycles. The van der Waals surface area contributed by atoms with E-state index in [1.54, 1.807) is 7.11 Å². The standard InChI is InChI=1S/C14H15NO3S/c1-4-11-15-12(13(19-11)14(16)17)9-7-8(2)5-6-10(9)18-3/h5-7H,4H2,1-3H3,(H,16,17). The molecule has 0 unspecified atom stereocenters. The zero-order chi connectivity index (χ0) is 14.0. The zero-order valence-corrected chi connectivity index (χ0v) is 11.9. The number of ether oxygens (including phenoxy) is 1.